The van der Waals surface area contributed by atoms with Crippen molar-refractivity contribution in [3.63, 3.8) is 0 Å². The number of carboxylic acids is 1. The summed E-state index contributed by atoms with van der Waals surface area (Å²) in [6, 6.07) is 3.17. The first kappa shape index (κ1) is 40.5. The topological polar surface area (TPSA) is 209 Å². The maximum absolute atomic E-state index is 13.4. The van der Waals surface area contributed by atoms with Crippen LogP contribution < -0.4 is 26.6 Å². The van der Waals surface area contributed by atoms with Gasteiger partial charge in [0.05, 0.1) is 19.2 Å². The number of rotatable bonds is 18. The van der Waals surface area contributed by atoms with Gasteiger partial charge in [-0.1, -0.05) is 92.1 Å². The summed E-state index contributed by atoms with van der Waals surface area (Å²) in [5.41, 5.74) is -0.434. The number of amides is 5. The predicted molar refractivity (Wildman–Crippen MR) is 174 cm³/mol. The molecule has 0 bridgehead atoms. The monoisotopic (exact) mass is 661 g/mol. The van der Waals surface area contributed by atoms with Gasteiger partial charge in [0.2, 0.25) is 23.5 Å². The minimum absolute atomic E-state index is 0.0595. The second-order valence-corrected chi connectivity index (χ2v) is 13.3. The minimum atomic E-state index is -1.37. The van der Waals surface area contributed by atoms with Gasteiger partial charge in [-0.15, -0.1) is 0 Å². The van der Waals surface area contributed by atoms with Crippen LogP contribution in [0.15, 0.2) is 30.3 Å². The number of carbonyl (C=O) groups is 7. The van der Waals surface area contributed by atoms with Gasteiger partial charge >= 0.3 is 12.1 Å². The number of carbonyl (C=O) groups excluding carboxylic acids is 6. The van der Waals surface area contributed by atoms with Crippen LogP contribution in [0, 0.1) is 17.3 Å². The molecule has 0 heterocycles. The molecule has 5 amide bonds. The van der Waals surface area contributed by atoms with E-state index >= 15 is 0 Å². The van der Waals surface area contributed by atoms with Crippen LogP contribution in [-0.4, -0.2) is 77.9 Å². The number of hydrogen-bond donors (Lipinski definition) is 6. The molecule has 0 saturated heterocycles. The van der Waals surface area contributed by atoms with Crippen molar-refractivity contribution in [2.45, 2.75) is 98.8 Å². The Balaban J connectivity index is 2.98. The predicted octanol–water partition coefficient (Wildman–Crippen LogP) is 2.23. The van der Waals surface area contributed by atoms with E-state index in [-0.39, 0.29) is 31.3 Å². The number of ether oxygens (including phenoxy) is 1. The molecule has 0 aliphatic rings. The van der Waals surface area contributed by atoms with Crippen molar-refractivity contribution in [3.8, 4) is 0 Å². The Morgan fingerprint density at radius 3 is 1.91 bits per heavy atom. The highest BCUT2D eigenvalue weighted by molar-refractivity contribution is 6.38. The number of ketones is 1. The number of carboxylic acid groups (broad SMARTS) is 1. The van der Waals surface area contributed by atoms with E-state index in [1.54, 1.807) is 45.9 Å². The van der Waals surface area contributed by atoms with E-state index < -0.39 is 77.6 Å². The normalized spacial score (nSPS) is 13.8. The maximum atomic E-state index is 13.4. The zero-order valence-electron chi connectivity index (χ0n) is 28.6. The molecule has 1 rings (SSSR count). The van der Waals surface area contributed by atoms with Gasteiger partial charge < -0.3 is 36.4 Å². The van der Waals surface area contributed by atoms with Crippen LogP contribution in [0.25, 0.3) is 0 Å². The van der Waals surface area contributed by atoms with Gasteiger partial charge in [0.1, 0.15) is 12.1 Å². The Labute approximate surface area is 276 Å². The molecule has 0 aromatic heterocycles. The molecule has 47 heavy (non-hydrogen) atoms. The highest BCUT2D eigenvalue weighted by Gasteiger charge is 2.37. The summed E-state index contributed by atoms with van der Waals surface area (Å²) >= 11 is 0. The highest BCUT2D eigenvalue weighted by atomic mass is 16.5. The molecular weight excluding hydrogens is 610 g/mol. The molecule has 6 N–H and O–H groups in total. The van der Waals surface area contributed by atoms with Crippen LogP contribution in [-0.2, 0) is 33.5 Å². The Morgan fingerprint density at radius 2 is 1.40 bits per heavy atom. The lowest BCUT2D eigenvalue weighted by Crippen LogP contribution is -2.59. The summed E-state index contributed by atoms with van der Waals surface area (Å²) in [6.07, 6.45) is -0.0735. The van der Waals surface area contributed by atoms with Crippen molar-refractivity contribution < 1.29 is 43.4 Å². The highest BCUT2D eigenvalue weighted by Crippen LogP contribution is 2.20. The van der Waals surface area contributed by atoms with Crippen molar-refractivity contribution in [2.75, 3.05) is 13.2 Å². The van der Waals surface area contributed by atoms with Crippen LogP contribution in [0.1, 0.15) is 86.3 Å². The molecule has 4 atom stereocenters. The van der Waals surface area contributed by atoms with Crippen LogP contribution in [0.5, 0.6) is 0 Å². The number of hydrogen-bond acceptors (Lipinski definition) is 8. The summed E-state index contributed by atoms with van der Waals surface area (Å²) in [5.74, 6) is -5.61. The second-order valence-electron chi connectivity index (χ2n) is 13.3. The molecule has 14 heteroatoms. The quantitative estimate of drug-likeness (QED) is 0.127. The zero-order valence-corrected chi connectivity index (χ0v) is 28.6. The van der Waals surface area contributed by atoms with Crippen LogP contribution in [0.3, 0.4) is 0 Å². The molecule has 1 aromatic rings. The number of alkyl carbamates (subject to hydrolysis) is 1. The van der Waals surface area contributed by atoms with Crippen LogP contribution in [0.2, 0.25) is 0 Å². The van der Waals surface area contributed by atoms with Crippen LogP contribution >= 0.6 is 0 Å². The molecule has 0 fully saturated rings. The number of Topliss-reactive ketones (excluding diaryl/α,β-unsaturated/α-hetero) is 1. The average molecular weight is 662 g/mol. The lowest BCUT2D eigenvalue weighted by atomic mass is 9.86. The van der Waals surface area contributed by atoms with Gasteiger partial charge in [0, 0.05) is 0 Å². The maximum Gasteiger partial charge on any atom is 0.407 e. The fourth-order valence-corrected chi connectivity index (χ4v) is 4.42. The Hall–Kier alpha value is -4.49. The molecule has 0 spiro atoms. The summed E-state index contributed by atoms with van der Waals surface area (Å²) in [7, 11) is 0. The third-order valence-electron chi connectivity index (χ3n) is 6.81. The van der Waals surface area contributed by atoms with Crippen molar-refractivity contribution in [1.29, 1.82) is 0 Å². The van der Waals surface area contributed by atoms with Gasteiger partial charge in [-0.25, -0.2) is 9.59 Å². The van der Waals surface area contributed by atoms with Crippen molar-refractivity contribution >= 4 is 41.5 Å². The lowest BCUT2D eigenvalue weighted by molar-refractivity contribution is -0.142. The van der Waals surface area contributed by atoms with E-state index in [4.69, 9.17) is 4.74 Å². The van der Waals surface area contributed by atoms with E-state index in [1.165, 1.54) is 12.1 Å². The molecule has 1 unspecified atom stereocenters. The first-order chi connectivity index (χ1) is 21.9. The van der Waals surface area contributed by atoms with Crippen molar-refractivity contribution in [2.24, 2.45) is 17.3 Å². The van der Waals surface area contributed by atoms with Crippen LogP contribution in [0.4, 0.5) is 4.79 Å². The zero-order chi connectivity index (χ0) is 35.9. The van der Waals surface area contributed by atoms with Crippen molar-refractivity contribution in [1.82, 2.24) is 26.6 Å². The van der Waals surface area contributed by atoms with E-state index in [2.05, 4.69) is 26.6 Å². The molecule has 0 aliphatic carbocycles. The number of aliphatic carboxylic acids is 1. The molecule has 262 valence electrons. The van der Waals surface area contributed by atoms with Crippen molar-refractivity contribution in [3.05, 3.63) is 35.9 Å². The Bertz CT molecular complexity index is 1240. The summed E-state index contributed by atoms with van der Waals surface area (Å²) < 4.78 is 5.17. The average Bonchev–Trinajstić information content (AvgIpc) is 2.98. The Morgan fingerprint density at radius 1 is 0.809 bits per heavy atom. The summed E-state index contributed by atoms with van der Waals surface area (Å²) in [5, 5.41) is 21.8. The fraction of sp³-hybridized carbons (Fsp3) is 0.606. The number of nitrogens with one attached hydrogen (secondary N) is 5. The van der Waals surface area contributed by atoms with E-state index in [1.807, 2.05) is 27.7 Å². The van der Waals surface area contributed by atoms with E-state index in [0.29, 0.717) is 12.0 Å². The first-order valence-electron chi connectivity index (χ1n) is 15.8. The second kappa shape index (κ2) is 19.2. The smallest absolute Gasteiger partial charge is 0.407 e. The fourth-order valence-electron chi connectivity index (χ4n) is 4.42. The van der Waals surface area contributed by atoms with Gasteiger partial charge in [0.15, 0.2) is 6.04 Å². The largest absolute Gasteiger partial charge is 0.479 e. The molecule has 0 saturated carbocycles. The SMILES string of the molecule is CCCC(NC(=O)[C@H](CC(C)C)NC(=O)[C@@H](NC(=O)OCC(C)C)C(C)(C)C)C(=O)C(=O)NCC(=O)N[C@H](C(=O)O)c1ccccc1. The lowest BCUT2D eigenvalue weighted by Gasteiger charge is -2.32. The summed E-state index contributed by atoms with van der Waals surface area (Å²) in [4.78, 5) is 89.1. The molecule has 0 radical (unpaired) electrons. The van der Waals surface area contributed by atoms with E-state index in [9.17, 15) is 38.7 Å². The van der Waals surface area contributed by atoms with Gasteiger partial charge in [-0.05, 0) is 35.7 Å². The molecule has 14 nitrogen and oxygen atoms in total. The third-order valence-corrected chi connectivity index (χ3v) is 6.81. The summed E-state index contributed by atoms with van der Waals surface area (Å²) in [6.45, 7) is 13.9. The minimum Gasteiger partial charge on any atom is -0.479 e. The van der Waals surface area contributed by atoms with Gasteiger partial charge in [-0.2, -0.15) is 0 Å². The Kier molecular flexibility index (Phi) is 16.6. The van der Waals surface area contributed by atoms with E-state index in [0.717, 1.165) is 0 Å². The number of benzene rings is 1. The van der Waals surface area contributed by atoms with Gasteiger partial charge in [0.25, 0.3) is 5.91 Å². The molecule has 0 aliphatic heterocycles. The standard InChI is InChI=1S/C33H51N5O9/c1-9-13-22(26(40)29(42)34-17-24(39)37-25(31(44)45)21-14-11-10-12-15-21)35-28(41)23(16-19(2)3)36-30(43)27(33(6,7)8)38-32(46)47-18-20(4)5/h10-12,14-15,19-20,22-23,25,27H,9,13,16-18H2,1-8H3,(H,34,42)(H,35,41)(H,36,43)(H,37,39)(H,38,46)(H,44,45)/t22?,23-,25-,27+/m0/s1. The molecular formula is C33H51N5O9. The third kappa shape index (κ3) is 14.6. The molecule has 1 aromatic carbocycles. The first-order valence-corrected chi connectivity index (χ1v) is 15.8. The van der Waals surface area contributed by atoms with Gasteiger partial charge in [-0.3, -0.25) is 24.0 Å².